The minimum atomic E-state index is -1.99. The van der Waals surface area contributed by atoms with Gasteiger partial charge >= 0.3 is 5.97 Å². The van der Waals surface area contributed by atoms with Gasteiger partial charge in [0.1, 0.15) is 29.7 Å². The molecule has 0 spiro atoms. The zero-order valence-electron chi connectivity index (χ0n) is 32.9. The number of Topliss-reactive ketones (excluding diaryl/α,β-unsaturated/α-hetero) is 1. The molecule has 0 aromatic rings. The summed E-state index contributed by atoms with van der Waals surface area (Å²) in [7, 11) is 5.18. The number of carbonyl (C=O) groups is 2. The Morgan fingerprint density at radius 1 is 0.882 bits per heavy atom. The fourth-order valence-corrected chi connectivity index (χ4v) is 8.41. The Morgan fingerprint density at radius 2 is 1.49 bits per heavy atom. The highest BCUT2D eigenvalue weighted by molar-refractivity contribution is 5.83. The highest BCUT2D eigenvalue weighted by atomic mass is 16.7. The Morgan fingerprint density at radius 3 is 2.04 bits per heavy atom. The number of ether oxygens (including phenoxy) is 6. The Balaban J connectivity index is 2.18. The number of aliphatic hydroxyl groups is 5. The maximum Gasteiger partial charge on any atom is 0.311 e. The predicted octanol–water partition coefficient (Wildman–Crippen LogP) is 1.79. The molecule has 5 N–H and O–H groups in total. The van der Waals surface area contributed by atoms with Gasteiger partial charge in [-0.05, 0) is 74.9 Å². The molecule has 14 nitrogen and oxygen atoms in total. The van der Waals surface area contributed by atoms with Crippen LogP contribution in [0.25, 0.3) is 0 Å². The normalized spacial score (nSPS) is 49.7. The van der Waals surface area contributed by atoms with Gasteiger partial charge in [-0.2, -0.15) is 0 Å². The standard InChI is InChI=1S/C37H67NO13/c1-14-25-37(10,45)30(41)20(4)27(39)18(2)16-35(8,44)32(51-34-28(40)24(38(11)12)15-19(3)47-34)21(5)29(22(6)33(43)49-25)50-26-17-36(9,46-13)31(42)23(7)48-26/h18-26,28-32,34,40-42,44-45H,14-17H2,1-13H3/t18-,19+,20+,21+,22-,23+,24-,25-,26+,28+,29+,30+,31+,32+,34+,35+,36+,37-/m1/s1. The summed E-state index contributed by atoms with van der Waals surface area (Å²) in [5, 5.41) is 57.6. The van der Waals surface area contributed by atoms with E-state index in [2.05, 4.69) is 0 Å². The molecule has 3 fully saturated rings. The number of aliphatic hydroxyl groups excluding tert-OH is 3. The maximum absolute atomic E-state index is 14.1. The minimum absolute atomic E-state index is 0.0936. The van der Waals surface area contributed by atoms with Crippen molar-refractivity contribution in [3.05, 3.63) is 0 Å². The fraction of sp³-hybridized carbons (Fsp3) is 0.946. The number of hydrogen-bond donors (Lipinski definition) is 5. The molecule has 0 unspecified atom stereocenters. The number of cyclic esters (lactones) is 1. The minimum Gasteiger partial charge on any atom is -0.459 e. The lowest BCUT2D eigenvalue weighted by Gasteiger charge is -2.49. The highest BCUT2D eigenvalue weighted by Crippen LogP contribution is 2.40. The van der Waals surface area contributed by atoms with Gasteiger partial charge in [-0.3, -0.25) is 9.59 Å². The van der Waals surface area contributed by atoms with Crippen LogP contribution in [0.4, 0.5) is 0 Å². The first kappa shape index (κ1) is 44.1. The third-order valence-corrected chi connectivity index (χ3v) is 11.8. The van der Waals surface area contributed by atoms with Crippen LogP contribution in [0.2, 0.25) is 0 Å². The zero-order valence-corrected chi connectivity index (χ0v) is 32.9. The Kier molecular flexibility index (Phi) is 14.7. The average molecular weight is 734 g/mol. The lowest BCUT2D eigenvalue weighted by atomic mass is 9.74. The molecule has 3 rings (SSSR count). The first-order valence-electron chi connectivity index (χ1n) is 18.5. The molecule has 0 aromatic carbocycles. The molecule has 0 aromatic heterocycles. The van der Waals surface area contributed by atoms with Crippen LogP contribution in [0.3, 0.4) is 0 Å². The third kappa shape index (κ3) is 9.51. The third-order valence-electron chi connectivity index (χ3n) is 11.8. The zero-order chi connectivity index (χ0) is 39.0. The van der Waals surface area contributed by atoms with E-state index >= 15 is 0 Å². The van der Waals surface area contributed by atoms with Crippen LogP contribution in [0.5, 0.6) is 0 Å². The van der Waals surface area contributed by atoms with Crippen LogP contribution >= 0.6 is 0 Å². The molecule has 3 aliphatic rings. The molecule has 0 radical (unpaired) electrons. The maximum atomic E-state index is 14.1. The summed E-state index contributed by atoms with van der Waals surface area (Å²) in [5.74, 6) is -4.98. The number of carbonyl (C=O) groups excluding carboxylic acids is 2. The quantitative estimate of drug-likeness (QED) is 0.238. The summed E-state index contributed by atoms with van der Waals surface area (Å²) in [6, 6.07) is -0.324. The number of methoxy groups -OCH3 is 1. The van der Waals surface area contributed by atoms with E-state index in [1.54, 1.807) is 41.5 Å². The van der Waals surface area contributed by atoms with E-state index in [9.17, 15) is 35.1 Å². The van der Waals surface area contributed by atoms with Crippen LogP contribution in [-0.4, -0.2) is 148 Å². The number of nitrogens with zero attached hydrogens (tertiary/aromatic N) is 1. The van der Waals surface area contributed by atoms with Crippen molar-refractivity contribution in [2.75, 3.05) is 21.2 Å². The SMILES string of the molecule is CC[C@H]1OC(=O)[C@H](C)[C@@H](O[C@H]2C[C@](C)(OC)[C@@H](O)[C@H](C)O2)[C@H](C)[C@H](O[C@@H]2O[C@@H](C)C[C@@H](N(C)C)[C@@H]2O)[C@@](C)(O)C[C@@H](C)C(=O)[C@H](C)[C@H](O)[C@]1(C)O. The first-order chi connectivity index (χ1) is 23.4. The Hall–Kier alpha value is -1.30. The molecule has 0 bridgehead atoms. The van der Waals surface area contributed by atoms with Crippen molar-refractivity contribution in [3.8, 4) is 0 Å². The van der Waals surface area contributed by atoms with Gasteiger partial charge in [0.15, 0.2) is 12.6 Å². The summed E-state index contributed by atoms with van der Waals surface area (Å²) in [6.45, 7) is 16.3. The Bertz CT molecular complexity index is 1170. The molecule has 18 atom stereocenters. The molecule has 0 aliphatic carbocycles. The van der Waals surface area contributed by atoms with E-state index in [1.807, 2.05) is 25.9 Å². The molecule has 3 heterocycles. The fourth-order valence-electron chi connectivity index (χ4n) is 8.41. The van der Waals surface area contributed by atoms with Crippen molar-refractivity contribution in [1.82, 2.24) is 4.90 Å². The highest BCUT2D eigenvalue weighted by Gasteiger charge is 2.53. The summed E-state index contributed by atoms with van der Waals surface area (Å²) < 4.78 is 37.1. The molecule has 14 heteroatoms. The van der Waals surface area contributed by atoms with Gasteiger partial charge in [-0.25, -0.2) is 0 Å². The second kappa shape index (κ2) is 17.0. The van der Waals surface area contributed by atoms with Gasteiger partial charge in [0, 0.05) is 37.3 Å². The van der Waals surface area contributed by atoms with Crippen LogP contribution < -0.4 is 0 Å². The van der Waals surface area contributed by atoms with Crippen LogP contribution in [0, 0.1) is 23.7 Å². The summed E-state index contributed by atoms with van der Waals surface area (Å²) in [6.07, 6.45) is -9.71. The van der Waals surface area contributed by atoms with Crippen molar-refractivity contribution in [2.24, 2.45) is 23.7 Å². The second-order valence-electron chi connectivity index (χ2n) is 16.5. The van der Waals surface area contributed by atoms with Gasteiger partial charge in [-0.15, -0.1) is 0 Å². The lowest BCUT2D eigenvalue weighted by Crippen LogP contribution is -2.61. The summed E-state index contributed by atoms with van der Waals surface area (Å²) >= 11 is 0. The number of esters is 1. The second-order valence-corrected chi connectivity index (χ2v) is 16.5. The Labute approximate surface area is 304 Å². The molecule has 51 heavy (non-hydrogen) atoms. The summed E-state index contributed by atoms with van der Waals surface area (Å²) in [4.78, 5) is 29.8. The van der Waals surface area contributed by atoms with Crippen LogP contribution in [-0.2, 0) is 38.0 Å². The van der Waals surface area contributed by atoms with E-state index < -0.39 is 108 Å². The van der Waals surface area contributed by atoms with E-state index in [0.29, 0.717) is 6.42 Å². The first-order valence-corrected chi connectivity index (χ1v) is 18.5. The van der Waals surface area contributed by atoms with Crippen molar-refractivity contribution in [2.45, 2.75) is 179 Å². The van der Waals surface area contributed by atoms with E-state index in [0.717, 1.165) is 0 Å². The monoisotopic (exact) mass is 733 g/mol. The van der Waals surface area contributed by atoms with Crippen molar-refractivity contribution < 1.29 is 63.5 Å². The van der Waals surface area contributed by atoms with Crippen molar-refractivity contribution in [3.63, 3.8) is 0 Å². The van der Waals surface area contributed by atoms with E-state index in [1.165, 1.54) is 27.9 Å². The molecule has 298 valence electrons. The lowest BCUT2D eigenvalue weighted by molar-refractivity contribution is -0.318. The topological polar surface area (TPSA) is 194 Å². The largest absolute Gasteiger partial charge is 0.459 e. The molecular formula is C37H67NO13. The van der Waals surface area contributed by atoms with Crippen LogP contribution in [0.1, 0.15) is 94.9 Å². The molecule has 3 saturated heterocycles. The van der Waals surface area contributed by atoms with Gasteiger partial charge < -0.3 is 58.9 Å². The van der Waals surface area contributed by atoms with Crippen molar-refractivity contribution >= 4 is 11.8 Å². The predicted molar refractivity (Wildman–Crippen MR) is 186 cm³/mol. The van der Waals surface area contributed by atoms with E-state index in [4.69, 9.17) is 28.4 Å². The molecule has 3 aliphatic heterocycles. The number of rotatable bonds is 7. The van der Waals surface area contributed by atoms with Crippen molar-refractivity contribution in [1.29, 1.82) is 0 Å². The molecule has 0 amide bonds. The average Bonchev–Trinajstić information content (AvgIpc) is 3.05. The van der Waals surface area contributed by atoms with Gasteiger partial charge in [0.2, 0.25) is 0 Å². The smallest absolute Gasteiger partial charge is 0.311 e. The number of ketones is 1. The van der Waals surface area contributed by atoms with E-state index in [-0.39, 0.29) is 31.4 Å². The van der Waals surface area contributed by atoms with Gasteiger partial charge in [0.05, 0.1) is 47.6 Å². The number of likely N-dealkylation sites (N-methyl/N-ethyl adjacent to an activating group) is 1. The summed E-state index contributed by atoms with van der Waals surface area (Å²) in [5.41, 5.74) is -4.84. The van der Waals surface area contributed by atoms with Crippen LogP contribution in [0.15, 0.2) is 0 Å². The molecular weight excluding hydrogens is 666 g/mol. The number of hydrogen-bond acceptors (Lipinski definition) is 14. The van der Waals surface area contributed by atoms with Gasteiger partial charge in [0.25, 0.3) is 0 Å². The van der Waals surface area contributed by atoms with Gasteiger partial charge in [-0.1, -0.05) is 27.7 Å². The molecule has 0 saturated carbocycles.